The molecule has 1 aliphatic rings. The summed E-state index contributed by atoms with van der Waals surface area (Å²) in [4.78, 5) is 2.73. The van der Waals surface area contributed by atoms with Crippen molar-refractivity contribution >= 4 is 11.3 Å². The molecule has 0 radical (unpaired) electrons. The Morgan fingerprint density at radius 1 is 1.44 bits per heavy atom. The Balaban J connectivity index is 2.01. The van der Waals surface area contributed by atoms with Gasteiger partial charge in [0.25, 0.3) is 0 Å². The van der Waals surface area contributed by atoms with Gasteiger partial charge in [-0.05, 0) is 47.7 Å². The maximum absolute atomic E-state index is 3.53. The highest BCUT2D eigenvalue weighted by molar-refractivity contribution is 7.07. The SMILES string of the molecule is CCNCC(C(C)C)N(Cc1ccsc1)C1CC1. The summed E-state index contributed by atoms with van der Waals surface area (Å²) in [6.07, 6.45) is 2.78. The van der Waals surface area contributed by atoms with Gasteiger partial charge >= 0.3 is 0 Å². The maximum Gasteiger partial charge on any atom is 0.0250 e. The van der Waals surface area contributed by atoms with Gasteiger partial charge in [0.2, 0.25) is 0 Å². The molecule has 1 heterocycles. The summed E-state index contributed by atoms with van der Waals surface area (Å²) in [7, 11) is 0. The molecule has 1 unspecified atom stereocenters. The molecule has 0 amide bonds. The molecule has 1 aromatic rings. The maximum atomic E-state index is 3.53. The zero-order chi connectivity index (χ0) is 13.0. The van der Waals surface area contributed by atoms with E-state index < -0.39 is 0 Å². The Bertz CT molecular complexity index is 330. The number of thiophene rings is 1. The molecule has 0 bridgehead atoms. The fraction of sp³-hybridized carbons (Fsp3) is 0.733. The molecule has 1 aromatic heterocycles. The number of hydrogen-bond acceptors (Lipinski definition) is 3. The predicted molar refractivity (Wildman–Crippen MR) is 80.1 cm³/mol. The number of nitrogens with one attached hydrogen (secondary N) is 1. The Morgan fingerprint density at radius 3 is 2.72 bits per heavy atom. The summed E-state index contributed by atoms with van der Waals surface area (Å²) in [5.74, 6) is 0.711. The Hall–Kier alpha value is -0.380. The monoisotopic (exact) mass is 266 g/mol. The van der Waals surface area contributed by atoms with Crippen LogP contribution in [0.3, 0.4) is 0 Å². The second-order valence-electron chi connectivity index (χ2n) is 5.65. The Morgan fingerprint density at radius 2 is 2.22 bits per heavy atom. The molecule has 0 aliphatic heterocycles. The summed E-state index contributed by atoms with van der Waals surface area (Å²) in [6.45, 7) is 10.2. The van der Waals surface area contributed by atoms with Gasteiger partial charge in [-0.3, -0.25) is 4.90 Å². The Kier molecular flexibility index (Phi) is 5.22. The lowest BCUT2D eigenvalue weighted by Gasteiger charge is -2.34. The van der Waals surface area contributed by atoms with Crippen molar-refractivity contribution in [3.05, 3.63) is 22.4 Å². The summed E-state index contributed by atoms with van der Waals surface area (Å²) in [5, 5.41) is 8.01. The quantitative estimate of drug-likeness (QED) is 0.776. The molecule has 0 spiro atoms. The van der Waals surface area contributed by atoms with E-state index in [0.717, 1.165) is 25.7 Å². The lowest BCUT2D eigenvalue weighted by molar-refractivity contribution is 0.135. The van der Waals surface area contributed by atoms with Gasteiger partial charge in [-0.1, -0.05) is 20.8 Å². The standard InChI is InChI=1S/C15H26N2S/c1-4-16-9-15(12(2)3)17(14-5-6-14)10-13-7-8-18-11-13/h7-8,11-12,14-16H,4-6,9-10H2,1-3H3. The first-order chi connectivity index (χ1) is 8.72. The van der Waals surface area contributed by atoms with Crippen LogP contribution in [0.4, 0.5) is 0 Å². The highest BCUT2D eigenvalue weighted by Crippen LogP contribution is 2.32. The minimum absolute atomic E-state index is 0.664. The van der Waals surface area contributed by atoms with Crippen LogP contribution in [-0.4, -0.2) is 30.1 Å². The molecule has 0 aromatic carbocycles. The molecule has 1 saturated carbocycles. The molecule has 1 atom stereocenters. The van der Waals surface area contributed by atoms with E-state index in [2.05, 4.69) is 47.8 Å². The molecule has 2 rings (SSSR count). The van der Waals surface area contributed by atoms with Crippen molar-refractivity contribution in [1.29, 1.82) is 0 Å². The smallest absolute Gasteiger partial charge is 0.0250 e. The van der Waals surface area contributed by atoms with Crippen molar-refractivity contribution in [2.24, 2.45) is 5.92 Å². The van der Waals surface area contributed by atoms with Gasteiger partial charge in [0.05, 0.1) is 0 Å². The second-order valence-corrected chi connectivity index (χ2v) is 6.43. The fourth-order valence-electron chi connectivity index (χ4n) is 2.54. The van der Waals surface area contributed by atoms with Gasteiger partial charge < -0.3 is 5.32 Å². The van der Waals surface area contributed by atoms with E-state index in [-0.39, 0.29) is 0 Å². The summed E-state index contributed by atoms with van der Waals surface area (Å²) >= 11 is 1.81. The average Bonchev–Trinajstić information content (AvgIpc) is 3.06. The van der Waals surface area contributed by atoms with E-state index in [4.69, 9.17) is 0 Å². The fourth-order valence-corrected chi connectivity index (χ4v) is 3.20. The van der Waals surface area contributed by atoms with Crippen LogP contribution >= 0.6 is 11.3 Å². The van der Waals surface area contributed by atoms with E-state index in [9.17, 15) is 0 Å². The molecule has 18 heavy (non-hydrogen) atoms. The minimum atomic E-state index is 0.664. The largest absolute Gasteiger partial charge is 0.315 e. The van der Waals surface area contributed by atoms with Gasteiger partial charge in [0.1, 0.15) is 0 Å². The van der Waals surface area contributed by atoms with Crippen LogP contribution in [0.2, 0.25) is 0 Å². The van der Waals surface area contributed by atoms with Gasteiger partial charge in [-0.25, -0.2) is 0 Å². The van der Waals surface area contributed by atoms with Crippen molar-refractivity contribution in [3.8, 4) is 0 Å². The molecule has 0 saturated heterocycles. The molecule has 2 nitrogen and oxygen atoms in total. The summed E-state index contributed by atoms with van der Waals surface area (Å²) in [6, 6.07) is 3.76. The van der Waals surface area contributed by atoms with Crippen LogP contribution in [0, 0.1) is 5.92 Å². The average molecular weight is 266 g/mol. The van der Waals surface area contributed by atoms with E-state index in [1.165, 1.54) is 18.4 Å². The second kappa shape index (κ2) is 6.69. The topological polar surface area (TPSA) is 15.3 Å². The van der Waals surface area contributed by atoms with E-state index in [1.807, 2.05) is 11.3 Å². The molecular weight excluding hydrogens is 240 g/mol. The van der Waals surface area contributed by atoms with Crippen LogP contribution in [0.5, 0.6) is 0 Å². The number of rotatable bonds is 8. The van der Waals surface area contributed by atoms with Crippen LogP contribution in [0.15, 0.2) is 16.8 Å². The third-order valence-electron chi connectivity index (χ3n) is 3.76. The molecule has 3 heteroatoms. The first-order valence-electron chi connectivity index (χ1n) is 7.20. The van der Waals surface area contributed by atoms with E-state index >= 15 is 0 Å². The van der Waals surface area contributed by atoms with Crippen LogP contribution in [0.1, 0.15) is 39.2 Å². The van der Waals surface area contributed by atoms with Crippen LogP contribution < -0.4 is 5.32 Å². The van der Waals surface area contributed by atoms with Gasteiger partial charge in [-0.2, -0.15) is 11.3 Å². The van der Waals surface area contributed by atoms with E-state index in [0.29, 0.717) is 12.0 Å². The zero-order valence-electron chi connectivity index (χ0n) is 11.9. The van der Waals surface area contributed by atoms with Gasteiger partial charge in [-0.15, -0.1) is 0 Å². The van der Waals surface area contributed by atoms with Crippen LogP contribution in [-0.2, 0) is 6.54 Å². The molecule has 1 N–H and O–H groups in total. The van der Waals surface area contributed by atoms with Crippen molar-refractivity contribution < 1.29 is 0 Å². The lowest BCUT2D eigenvalue weighted by Crippen LogP contribution is -2.46. The highest BCUT2D eigenvalue weighted by atomic mass is 32.1. The number of hydrogen-bond donors (Lipinski definition) is 1. The van der Waals surface area contributed by atoms with Gasteiger partial charge in [0, 0.05) is 25.2 Å². The van der Waals surface area contributed by atoms with Crippen molar-refractivity contribution in [2.45, 2.75) is 52.2 Å². The predicted octanol–water partition coefficient (Wildman–Crippen LogP) is 3.35. The normalized spacial score (nSPS) is 17.6. The van der Waals surface area contributed by atoms with Crippen molar-refractivity contribution in [2.75, 3.05) is 13.1 Å². The number of nitrogens with zero attached hydrogens (tertiary/aromatic N) is 1. The molecule has 1 fully saturated rings. The van der Waals surface area contributed by atoms with Crippen molar-refractivity contribution in [3.63, 3.8) is 0 Å². The van der Waals surface area contributed by atoms with E-state index in [1.54, 1.807) is 0 Å². The Labute approximate surface area is 115 Å². The summed E-state index contributed by atoms with van der Waals surface area (Å²) in [5.41, 5.74) is 1.48. The minimum Gasteiger partial charge on any atom is -0.315 e. The summed E-state index contributed by atoms with van der Waals surface area (Å²) < 4.78 is 0. The molecule has 102 valence electrons. The van der Waals surface area contributed by atoms with Crippen molar-refractivity contribution in [1.82, 2.24) is 10.2 Å². The first kappa shape index (κ1) is 14.0. The zero-order valence-corrected chi connectivity index (χ0v) is 12.7. The highest BCUT2D eigenvalue weighted by Gasteiger charge is 2.34. The number of likely N-dealkylation sites (N-methyl/N-ethyl adjacent to an activating group) is 1. The third kappa shape index (κ3) is 3.81. The molecular formula is C15H26N2S. The van der Waals surface area contributed by atoms with Gasteiger partial charge in [0.15, 0.2) is 0 Å². The third-order valence-corrected chi connectivity index (χ3v) is 4.49. The molecule has 1 aliphatic carbocycles. The lowest BCUT2D eigenvalue weighted by atomic mass is 10.0. The van der Waals surface area contributed by atoms with Crippen LogP contribution in [0.25, 0.3) is 0 Å². The first-order valence-corrected chi connectivity index (χ1v) is 8.14.